The molecular formula is C13H13ClN3O+. The van der Waals surface area contributed by atoms with E-state index in [-0.39, 0.29) is 0 Å². The Bertz CT molecular complexity index is 587. The molecular weight excluding hydrogens is 250 g/mol. The molecule has 1 N–H and O–H groups in total. The second-order valence-corrected chi connectivity index (χ2v) is 4.87. The molecule has 1 aliphatic rings. The molecule has 2 heterocycles. The van der Waals surface area contributed by atoms with Crippen molar-refractivity contribution in [2.24, 2.45) is 0 Å². The molecule has 0 fully saturated rings. The van der Waals surface area contributed by atoms with Crippen LogP contribution in [0.1, 0.15) is 5.56 Å². The molecule has 1 aliphatic heterocycles. The topological polar surface area (TPSA) is 40.2 Å². The molecule has 18 heavy (non-hydrogen) atoms. The van der Waals surface area contributed by atoms with E-state index in [1.807, 2.05) is 36.0 Å². The van der Waals surface area contributed by atoms with Crippen LogP contribution in [-0.4, -0.2) is 17.1 Å². The first kappa shape index (κ1) is 11.4. The van der Waals surface area contributed by atoms with Crippen LogP contribution in [0.15, 0.2) is 42.7 Å². The lowest BCUT2D eigenvalue weighted by atomic mass is 10.0. The van der Waals surface area contributed by atoms with Crippen molar-refractivity contribution in [3.8, 4) is 0 Å². The summed E-state index contributed by atoms with van der Waals surface area (Å²) in [5, 5.41) is 11.5. The van der Waals surface area contributed by atoms with Gasteiger partial charge in [0.25, 0.3) is 0 Å². The number of fused-ring (bicyclic) bond motifs is 1. The number of nitrogens with zero attached hydrogens (tertiary/aromatic N) is 3. The SMILES string of the molecule is CN1c2nccc[n+]2C[C@@]1(O)c1ccc(Cl)cc1. The number of aromatic nitrogens is 2. The van der Waals surface area contributed by atoms with E-state index in [0.29, 0.717) is 11.6 Å². The summed E-state index contributed by atoms with van der Waals surface area (Å²) in [6, 6.07) is 9.09. The molecule has 3 rings (SSSR count). The number of benzene rings is 1. The van der Waals surface area contributed by atoms with Crippen molar-refractivity contribution >= 4 is 17.5 Å². The molecule has 4 nitrogen and oxygen atoms in total. The fourth-order valence-corrected chi connectivity index (χ4v) is 2.43. The van der Waals surface area contributed by atoms with Crippen LogP contribution in [0, 0.1) is 0 Å². The second-order valence-electron chi connectivity index (χ2n) is 4.43. The van der Waals surface area contributed by atoms with E-state index in [1.54, 1.807) is 23.2 Å². The molecule has 5 heteroatoms. The van der Waals surface area contributed by atoms with Gasteiger partial charge in [-0.3, -0.25) is 0 Å². The lowest BCUT2D eigenvalue weighted by Crippen LogP contribution is -2.43. The lowest BCUT2D eigenvalue weighted by molar-refractivity contribution is -0.685. The minimum Gasteiger partial charge on any atom is -0.353 e. The first-order valence-electron chi connectivity index (χ1n) is 5.68. The first-order chi connectivity index (χ1) is 8.61. The van der Waals surface area contributed by atoms with Crippen molar-refractivity contribution in [3.63, 3.8) is 0 Å². The molecule has 0 bridgehead atoms. The Labute approximate surface area is 110 Å². The van der Waals surface area contributed by atoms with E-state index in [4.69, 9.17) is 11.6 Å². The molecule has 1 aromatic carbocycles. The zero-order valence-corrected chi connectivity index (χ0v) is 10.7. The number of likely N-dealkylation sites (N-methyl/N-ethyl adjacent to an activating group) is 1. The highest BCUT2D eigenvalue weighted by atomic mass is 35.5. The van der Waals surface area contributed by atoms with E-state index in [0.717, 1.165) is 11.5 Å². The van der Waals surface area contributed by atoms with Gasteiger partial charge in [0.1, 0.15) is 12.7 Å². The highest BCUT2D eigenvalue weighted by molar-refractivity contribution is 6.30. The molecule has 0 radical (unpaired) electrons. The number of hydrogen-bond acceptors (Lipinski definition) is 3. The zero-order valence-electron chi connectivity index (χ0n) is 9.92. The van der Waals surface area contributed by atoms with Gasteiger partial charge in [-0.05, 0) is 12.1 Å². The fourth-order valence-electron chi connectivity index (χ4n) is 2.31. The zero-order chi connectivity index (χ0) is 12.8. The summed E-state index contributed by atoms with van der Waals surface area (Å²) < 4.78 is 1.93. The van der Waals surface area contributed by atoms with Gasteiger partial charge in [0.15, 0.2) is 0 Å². The van der Waals surface area contributed by atoms with E-state index in [1.165, 1.54) is 0 Å². The molecule has 2 aromatic rings. The Morgan fingerprint density at radius 1 is 1.39 bits per heavy atom. The van der Waals surface area contributed by atoms with Crippen molar-refractivity contribution in [2.45, 2.75) is 12.3 Å². The molecule has 1 atom stereocenters. The van der Waals surface area contributed by atoms with Gasteiger partial charge in [0, 0.05) is 16.7 Å². The molecule has 1 aromatic heterocycles. The summed E-state index contributed by atoms with van der Waals surface area (Å²) >= 11 is 5.88. The number of hydrogen-bond donors (Lipinski definition) is 1. The van der Waals surface area contributed by atoms with Gasteiger partial charge in [-0.1, -0.05) is 28.7 Å². The fraction of sp³-hybridized carbons (Fsp3) is 0.231. The minimum absolute atomic E-state index is 0.453. The summed E-state index contributed by atoms with van der Waals surface area (Å²) in [5.74, 6) is 0.745. The number of halogens is 1. The minimum atomic E-state index is -1.08. The maximum absolute atomic E-state index is 10.9. The van der Waals surface area contributed by atoms with Gasteiger partial charge in [0.05, 0.1) is 13.2 Å². The van der Waals surface area contributed by atoms with Crippen molar-refractivity contribution in [3.05, 3.63) is 53.3 Å². The molecule has 0 spiro atoms. The predicted octanol–water partition coefficient (Wildman–Crippen LogP) is 1.32. The number of anilines is 1. The van der Waals surface area contributed by atoms with E-state index < -0.39 is 5.72 Å². The standard InChI is InChI=1S/C13H13ClN3O/c1-16-12-15-7-2-8-17(12)9-13(16,18)10-3-5-11(14)6-4-10/h2-8,18H,9H2,1H3/q+1/t13-/m1/s1. The highest BCUT2D eigenvalue weighted by Gasteiger charge is 2.49. The van der Waals surface area contributed by atoms with Gasteiger partial charge in [-0.15, -0.1) is 0 Å². The third-order valence-electron chi connectivity index (χ3n) is 3.35. The maximum atomic E-state index is 10.9. The maximum Gasteiger partial charge on any atom is 0.396 e. The normalized spacial score (nSPS) is 22.1. The lowest BCUT2D eigenvalue weighted by Gasteiger charge is -2.25. The quantitative estimate of drug-likeness (QED) is 0.788. The van der Waals surface area contributed by atoms with Gasteiger partial charge < -0.3 is 5.11 Å². The van der Waals surface area contributed by atoms with Crippen LogP contribution in [0.5, 0.6) is 0 Å². The first-order valence-corrected chi connectivity index (χ1v) is 6.06. The molecule has 0 saturated carbocycles. The summed E-state index contributed by atoms with van der Waals surface area (Å²) in [6.07, 6.45) is 3.63. The Hall–Kier alpha value is -1.65. The summed E-state index contributed by atoms with van der Waals surface area (Å²) in [4.78, 5) is 6.06. The average molecular weight is 263 g/mol. The molecule has 0 saturated heterocycles. The Morgan fingerprint density at radius 3 is 2.78 bits per heavy atom. The monoisotopic (exact) mass is 262 g/mol. The summed E-state index contributed by atoms with van der Waals surface area (Å²) in [6.45, 7) is 0.453. The average Bonchev–Trinajstić information content (AvgIpc) is 2.64. The molecule has 0 amide bonds. The summed E-state index contributed by atoms with van der Waals surface area (Å²) in [7, 11) is 1.83. The smallest absolute Gasteiger partial charge is 0.353 e. The largest absolute Gasteiger partial charge is 0.396 e. The Balaban J connectivity index is 2.06. The van der Waals surface area contributed by atoms with E-state index >= 15 is 0 Å². The van der Waals surface area contributed by atoms with Crippen LogP contribution in [0.4, 0.5) is 5.95 Å². The van der Waals surface area contributed by atoms with Gasteiger partial charge in [-0.2, -0.15) is 0 Å². The number of aliphatic hydroxyl groups is 1. The van der Waals surface area contributed by atoms with Gasteiger partial charge in [0.2, 0.25) is 5.72 Å². The van der Waals surface area contributed by atoms with E-state index in [2.05, 4.69) is 4.98 Å². The molecule has 92 valence electrons. The molecule has 0 unspecified atom stereocenters. The van der Waals surface area contributed by atoms with Crippen LogP contribution in [0.25, 0.3) is 0 Å². The Morgan fingerprint density at radius 2 is 2.11 bits per heavy atom. The molecule has 0 aliphatic carbocycles. The van der Waals surface area contributed by atoms with Crippen LogP contribution in [0.3, 0.4) is 0 Å². The van der Waals surface area contributed by atoms with Crippen molar-refractivity contribution in [1.82, 2.24) is 4.98 Å². The van der Waals surface area contributed by atoms with E-state index in [9.17, 15) is 5.11 Å². The predicted molar refractivity (Wildman–Crippen MR) is 68.2 cm³/mol. The van der Waals surface area contributed by atoms with Crippen molar-refractivity contribution in [2.75, 3.05) is 11.9 Å². The van der Waals surface area contributed by atoms with Crippen LogP contribution >= 0.6 is 11.6 Å². The number of rotatable bonds is 1. The van der Waals surface area contributed by atoms with Crippen LogP contribution < -0.4 is 9.47 Å². The van der Waals surface area contributed by atoms with Crippen molar-refractivity contribution < 1.29 is 9.67 Å². The van der Waals surface area contributed by atoms with Gasteiger partial charge >= 0.3 is 5.95 Å². The highest BCUT2D eigenvalue weighted by Crippen LogP contribution is 2.32. The third-order valence-corrected chi connectivity index (χ3v) is 3.60. The van der Waals surface area contributed by atoms with Gasteiger partial charge in [-0.25, -0.2) is 9.47 Å². The third kappa shape index (κ3) is 1.57. The van der Waals surface area contributed by atoms with Crippen LogP contribution in [-0.2, 0) is 12.3 Å². The second kappa shape index (κ2) is 3.93. The Kier molecular flexibility index (Phi) is 2.50. The van der Waals surface area contributed by atoms with Crippen LogP contribution in [0.2, 0.25) is 5.02 Å². The van der Waals surface area contributed by atoms with Crippen molar-refractivity contribution in [1.29, 1.82) is 0 Å². The summed E-state index contributed by atoms with van der Waals surface area (Å²) in [5.41, 5.74) is -0.272.